The Morgan fingerprint density at radius 1 is 1.58 bits per heavy atom. The van der Waals surface area contributed by atoms with E-state index in [1.807, 2.05) is 18.3 Å². The Morgan fingerprint density at radius 2 is 2.33 bits per heavy atom. The van der Waals surface area contributed by atoms with Gasteiger partial charge in [0.25, 0.3) is 0 Å². The highest BCUT2D eigenvalue weighted by molar-refractivity contribution is 5.08. The SMILES string of the molecule is CC(C)NCC(N)c1ccc[nH]1. The molecule has 1 aromatic rings. The third kappa shape index (κ3) is 2.68. The van der Waals surface area contributed by atoms with Crippen molar-refractivity contribution in [1.82, 2.24) is 10.3 Å². The Hall–Kier alpha value is -0.800. The summed E-state index contributed by atoms with van der Waals surface area (Å²) in [6.45, 7) is 5.04. The predicted octanol–water partition coefficient (Wildman–Crippen LogP) is 1.01. The molecule has 0 saturated carbocycles. The van der Waals surface area contributed by atoms with Gasteiger partial charge in [0.2, 0.25) is 0 Å². The molecule has 0 aliphatic carbocycles. The summed E-state index contributed by atoms with van der Waals surface area (Å²) in [6.07, 6.45) is 1.89. The van der Waals surface area contributed by atoms with Crippen LogP contribution in [0.3, 0.4) is 0 Å². The predicted molar refractivity (Wildman–Crippen MR) is 50.9 cm³/mol. The van der Waals surface area contributed by atoms with E-state index in [0.717, 1.165) is 12.2 Å². The minimum atomic E-state index is 0.0717. The Kier molecular flexibility index (Phi) is 3.31. The van der Waals surface area contributed by atoms with Crippen molar-refractivity contribution in [3.05, 3.63) is 24.0 Å². The maximum absolute atomic E-state index is 5.89. The molecule has 4 N–H and O–H groups in total. The van der Waals surface area contributed by atoms with Crippen LogP contribution in [0.2, 0.25) is 0 Å². The van der Waals surface area contributed by atoms with E-state index >= 15 is 0 Å². The molecule has 3 heteroatoms. The Bertz CT molecular complexity index is 204. The summed E-state index contributed by atoms with van der Waals surface area (Å²) in [5, 5.41) is 3.29. The first kappa shape index (κ1) is 9.29. The minimum Gasteiger partial charge on any atom is -0.364 e. The van der Waals surface area contributed by atoms with Crippen molar-refractivity contribution in [3.63, 3.8) is 0 Å². The third-order valence-electron chi connectivity index (χ3n) is 1.77. The van der Waals surface area contributed by atoms with Gasteiger partial charge in [-0.15, -0.1) is 0 Å². The Balaban J connectivity index is 2.34. The maximum Gasteiger partial charge on any atom is 0.0574 e. The molecule has 0 aliphatic rings. The summed E-state index contributed by atoms with van der Waals surface area (Å²) in [7, 11) is 0. The van der Waals surface area contributed by atoms with Crippen LogP contribution in [0.15, 0.2) is 18.3 Å². The van der Waals surface area contributed by atoms with Crippen molar-refractivity contribution in [3.8, 4) is 0 Å². The van der Waals surface area contributed by atoms with E-state index in [-0.39, 0.29) is 6.04 Å². The van der Waals surface area contributed by atoms with Gasteiger partial charge < -0.3 is 16.0 Å². The molecule has 1 unspecified atom stereocenters. The smallest absolute Gasteiger partial charge is 0.0574 e. The highest BCUT2D eigenvalue weighted by atomic mass is 14.9. The lowest BCUT2D eigenvalue weighted by atomic mass is 10.2. The second kappa shape index (κ2) is 4.28. The van der Waals surface area contributed by atoms with Crippen molar-refractivity contribution in [2.24, 2.45) is 5.73 Å². The molecule has 0 bridgehead atoms. The molecule has 1 rings (SSSR count). The van der Waals surface area contributed by atoms with Crippen LogP contribution in [0, 0.1) is 0 Å². The normalized spacial score (nSPS) is 13.7. The lowest BCUT2D eigenvalue weighted by molar-refractivity contribution is 0.532. The minimum absolute atomic E-state index is 0.0717. The molecule has 0 radical (unpaired) electrons. The molecule has 0 saturated heterocycles. The van der Waals surface area contributed by atoms with Crippen molar-refractivity contribution in [1.29, 1.82) is 0 Å². The summed E-state index contributed by atoms with van der Waals surface area (Å²) in [5.74, 6) is 0. The first-order valence-electron chi connectivity index (χ1n) is 4.32. The molecule has 12 heavy (non-hydrogen) atoms. The number of H-pyrrole nitrogens is 1. The van der Waals surface area contributed by atoms with Gasteiger partial charge in [-0.25, -0.2) is 0 Å². The molecule has 0 spiro atoms. The van der Waals surface area contributed by atoms with Gasteiger partial charge in [-0.2, -0.15) is 0 Å². The summed E-state index contributed by atoms with van der Waals surface area (Å²) < 4.78 is 0. The Labute approximate surface area is 73.4 Å². The molecule has 0 fully saturated rings. The van der Waals surface area contributed by atoms with Crippen LogP contribution in [-0.2, 0) is 0 Å². The van der Waals surface area contributed by atoms with Crippen LogP contribution >= 0.6 is 0 Å². The highest BCUT2D eigenvalue weighted by Crippen LogP contribution is 2.04. The molecular formula is C9H17N3. The van der Waals surface area contributed by atoms with Crippen LogP contribution in [0.25, 0.3) is 0 Å². The summed E-state index contributed by atoms with van der Waals surface area (Å²) >= 11 is 0. The zero-order valence-corrected chi connectivity index (χ0v) is 7.67. The van der Waals surface area contributed by atoms with Gasteiger partial charge in [-0.3, -0.25) is 0 Å². The highest BCUT2D eigenvalue weighted by Gasteiger charge is 2.05. The van der Waals surface area contributed by atoms with E-state index in [0.29, 0.717) is 6.04 Å². The van der Waals surface area contributed by atoms with Crippen molar-refractivity contribution >= 4 is 0 Å². The molecule has 1 heterocycles. The van der Waals surface area contributed by atoms with E-state index in [1.54, 1.807) is 0 Å². The number of aromatic amines is 1. The number of hydrogen-bond acceptors (Lipinski definition) is 2. The zero-order valence-electron chi connectivity index (χ0n) is 7.67. The van der Waals surface area contributed by atoms with Gasteiger partial charge in [0.15, 0.2) is 0 Å². The second-order valence-electron chi connectivity index (χ2n) is 3.29. The van der Waals surface area contributed by atoms with Crippen LogP contribution < -0.4 is 11.1 Å². The van der Waals surface area contributed by atoms with E-state index < -0.39 is 0 Å². The van der Waals surface area contributed by atoms with Gasteiger partial charge in [0.1, 0.15) is 0 Å². The van der Waals surface area contributed by atoms with E-state index in [2.05, 4.69) is 24.1 Å². The molecule has 0 amide bonds. The first-order valence-corrected chi connectivity index (χ1v) is 4.32. The summed E-state index contributed by atoms with van der Waals surface area (Å²) in [5.41, 5.74) is 6.98. The lowest BCUT2D eigenvalue weighted by Crippen LogP contribution is -2.31. The number of rotatable bonds is 4. The fraction of sp³-hybridized carbons (Fsp3) is 0.556. The average Bonchev–Trinajstić information content (AvgIpc) is 2.51. The van der Waals surface area contributed by atoms with Gasteiger partial charge in [-0.1, -0.05) is 13.8 Å². The standard InChI is InChI=1S/C9H17N3/c1-7(2)12-6-8(10)9-4-3-5-11-9/h3-5,7-8,11-12H,6,10H2,1-2H3. The van der Waals surface area contributed by atoms with Crippen LogP contribution in [0.5, 0.6) is 0 Å². The fourth-order valence-corrected chi connectivity index (χ4v) is 1.05. The summed E-state index contributed by atoms with van der Waals surface area (Å²) in [6, 6.07) is 4.53. The monoisotopic (exact) mass is 167 g/mol. The lowest BCUT2D eigenvalue weighted by Gasteiger charge is -2.13. The van der Waals surface area contributed by atoms with Crippen molar-refractivity contribution in [2.45, 2.75) is 25.9 Å². The average molecular weight is 167 g/mol. The second-order valence-corrected chi connectivity index (χ2v) is 3.29. The number of aromatic nitrogens is 1. The van der Waals surface area contributed by atoms with Crippen LogP contribution in [0.4, 0.5) is 0 Å². The first-order chi connectivity index (χ1) is 5.70. The summed E-state index contributed by atoms with van der Waals surface area (Å²) in [4.78, 5) is 3.10. The van der Waals surface area contributed by atoms with Gasteiger partial charge >= 0.3 is 0 Å². The quantitative estimate of drug-likeness (QED) is 0.627. The van der Waals surface area contributed by atoms with Gasteiger partial charge in [-0.05, 0) is 12.1 Å². The number of hydrogen-bond donors (Lipinski definition) is 3. The molecule has 3 nitrogen and oxygen atoms in total. The fourth-order valence-electron chi connectivity index (χ4n) is 1.05. The topological polar surface area (TPSA) is 53.8 Å². The van der Waals surface area contributed by atoms with E-state index in [4.69, 9.17) is 5.73 Å². The number of nitrogens with two attached hydrogens (primary N) is 1. The number of nitrogens with one attached hydrogen (secondary N) is 2. The molecule has 0 aromatic carbocycles. The molecule has 1 atom stereocenters. The van der Waals surface area contributed by atoms with Crippen molar-refractivity contribution in [2.75, 3.05) is 6.54 Å². The third-order valence-corrected chi connectivity index (χ3v) is 1.77. The Morgan fingerprint density at radius 3 is 2.83 bits per heavy atom. The zero-order chi connectivity index (χ0) is 8.97. The van der Waals surface area contributed by atoms with E-state index in [1.165, 1.54) is 0 Å². The molecular weight excluding hydrogens is 150 g/mol. The molecule has 68 valence electrons. The molecule has 1 aromatic heterocycles. The van der Waals surface area contributed by atoms with E-state index in [9.17, 15) is 0 Å². The van der Waals surface area contributed by atoms with Crippen molar-refractivity contribution < 1.29 is 0 Å². The largest absolute Gasteiger partial charge is 0.364 e. The maximum atomic E-state index is 5.89. The van der Waals surface area contributed by atoms with Crippen LogP contribution in [-0.4, -0.2) is 17.6 Å². The molecule has 0 aliphatic heterocycles. The van der Waals surface area contributed by atoms with Gasteiger partial charge in [0.05, 0.1) is 6.04 Å². The van der Waals surface area contributed by atoms with Crippen LogP contribution in [0.1, 0.15) is 25.6 Å². The van der Waals surface area contributed by atoms with Gasteiger partial charge in [0, 0.05) is 24.5 Å².